The Hall–Kier alpha value is -1.99. The molecule has 3 rings (SSSR count). The summed E-state index contributed by atoms with van der Waals surface area (Å²) in [6.07, 6.45) is 2.19. The first-order valence-electron chi connectivity index (χ1n) is 10.2. The minimum Gasteiger partial charge on any atom is -0.341 e. The monoisotopic (exact) mass is 390 g/mol. The number of rotatable bonds is 5. The lowest BCUT2D eigenvalue weighted by molar-refractivity contribution is -0.138. The molecule has 6 nitrogen and oxygen atoms in total. The number of piperazine rings is 1. The molecular weight excluding hydrogens is 359 g/mol. The third kappa shape index (κ3) is 5.52. The molecular formula is C21H31FN4O2. The smallest absolute Gasteiger partial charge is 0.239 e. The molecule has 2 amide bonds. The summed E-state index contributed by atoms with van der Waals surface area (Å²) in [6, 6.07) is 5.66. The highest BCUT2D eigenvalue weighted by molar-refractivity contribution is 5.92. The van der Waals surface area contributed by atoms with E-state index in [1.165, 1.54) is 12.1 Å². The second-order valence-electron chi connectivity index (χ2n) is 8.05. The van der Waals surface area contributed by atoms with E-state index < -0.39 is 0 Å². The number of carbonyl (C=O) groups excluding carboxylic acids is 2. The molecule has 0 radical (unpaired) electrons. The fourth-order valence-corrected chi connectivity index (χ4v) is 3.89. The second-order valence-corrected chi connectivity index (χ2v) is 8.05. The quantitative estimate of drug-likeness (QED) is 0.836. The average molecular weight is 391 g/mol. The zero-order chi connectivity index (χ0) is 20.1. The highest BCUT2D eigenvalue weighted by Gasteiger charge is 2.30. The first kappa shape index (κ1) is 20.7. The van der Waals surface area contributed by atoms with Gasteiger partial charge in [-0.15, -0.1) is 0 Å². The van der Waals surface area contributed by atoms with Crippen molar-refractivity contribution in [1.29, 1.82) is 0 Å². The van der Waals surface area contributed by atoms with E-state index in [1.807, 2.05) is 11.8 Å². The number of halogens is 1. The van der Waals surface area contributed by atoms with E-state index in [4.69, 9.17) is 0 Å². The van der Waals surface area contributed by atoms with Crippen molar-refractivity contribution >= 4 is 17.5 Å². The zero-order valence-electron chi connectivity index (χ0n) is 16.9. The van der Waals surface area contributed by atoms with Crippen molar-refractivity contribution in [3.8, 4) is 0 Å². The van der Waals surface area contributed by atoms with Crippen molar-refractivity contribution < 1.29 is 14.0 Å². The largest absolute Gasteiger partial charge is 0.341 e. The molecule has 0 aliphatic carbocycles. The van der Waals surface area contributed by atoms with Gasteiger partial charge in [0.25, 0.3) is 0 Å². The molecule has 2 saturated heterocycles. The van der Waals surface area contributed by atoms with Crippen molar-refractivity contribution in [1.82, 2.24) is 14.7 Å². The van der Waals surface area contributed by atoms with Crippen LogP contribution in [-0.4, -0.2) is 78.4 Å². The van der Waals surface area contributed by atoms with Crippen LogP contribution in [0.3, 0.4) is 0 Å². The van der Waals surface area contributed by atoms with Gasteiger partial charge in [-0.1, -0.05) is 6.92 Å². The summed E-state index contributed by atoms with van der Waals surface area (Å²) < 4.78 is 12.9. The molecule has 0 unspecified atom stereocenters. The fourth-order valence-electron chi connectivity index (χ4n) is 3.89. The normalized spacial score (nSPS) is 20.8. The lowest BCUT2D eigenvalue weighted by Gasteiger charge is -2.40. The molecule has 154 valence electrons. The summed E-state index contributed by atoms with van der Waals surface area (Å²) >= 11 is 0. The standard InChI is InChI=1S/C21H31FN4O2/c1-16-7-9-26(10-8-16)21(28)17(2)25-13-11-24(12-14-25)15-20(27)23-19-5-3-18(22)4-6-19/h3-6,16-17H,7-15H2,1-2H3,(H,23,27)/t17-/m1/s1. The molecule has 0 spiro atoms. The SMILES string of the molecule is CC1CCN(C(=O)[C@@H](C)N2CCN(CC(=O)Nc3ccc(F)cc3)CC2)CC1. The van der Waals surface area contributed by atoms with Crippen molar-refractivity contribution in [2.45, 2.75) is 32.7 Å². The molecule has 1 atom stereocenters. The number of likely N-dealkylation sites (tertiary alicyclic amines) is 1. The number of hydrogen-bond acceptors (Lipinski definition) is 4. The van der Waals surface area contributed by atoms with E-state index in [-0.39, 0.29) is 23.7 Å². The predicted octanol–water partition coefficient (Wildman–Crippen LogP) is 2.03. The number of carbonyl (C=O) groups is 2. The average Bonchev–Trinajstić information content (AvgIpc) is 2.70. The van der Waals surface area contributed by atoms with E-state index in [0.29, 0.717) is 18.2 Å². The van der Waals surface area contributed by atoms with Crippen molar-refractivity contribution in [3.63, 3.8) is 0 Å². The molecule has 2 aliphatic heterocycles. The molecule has 0 saturated carbocycles. The maximum Gasteiger partial charge on any atom is 0.239 e. The van der Waals surface area contributed by atoms with Crippen LogP contribution in [0.4, 0.5) is 10.1 Å². The van der Waals surface area contributed by atoms with Crippen LogP contribution in [0, 0.1) is 11.7 Å². The second kappa shape index (κ2) is 9.47. The zero-order valence-corrected chi connectivity index (χ0v) is 16.9. The van der Waals surface area contributed by atoms with Crippen LogP contribution >= 0.6 is 0 Å². The maximum atomic E-state index is 12.9. The Labute approximate surface area is 166 Å². The number of amides is 2. The highest BCUT2D eigenvalue weighted by Crippen LogP contribution is 2.18. The molecule has 7 heteroatoms. The Kier molecular flexibility index (Phi) is 7.02. The molecule has 0 aromatic heterocycles. The van der Waals surface area contributed by atoms with Crippen LogP contribution < -0.4 is 5.32 Å². The van der Waals surface area contributed by atoms with Crippen molar-refractivity contribution in [2.75, 3.05) is 51.1 Å². The van der Waals surface area contributed by atoms with Crippen LogP contribution in [0.25, 0.3) is 0 Å². The summed E-state index contributed by atoms with van der Waals surface area (Å²) in [5, 5.41) is 2.79. The lowest BCUT2D eigenvalue weighted by atomic mass is 9.98. The van der Waals surface area contributed by atoms with Gasteiger partial charge in [0.1, 0.15) is 5.82 Å². The van der Waals surface area contributed by atoms with E-state index in [9.17, 15) is 14.0 Å². The molecule has 1 aromatic carbocycles. The van der Waals surface area contributed by atoms with Gasteiger partial charge in [0.15, 0.2) is 0 Å². The molecule has 1 N–H and O–H groups in total. The minimum atomic E-state index is -0.322. The van der Waals surface area contributed by atoms with Crippen LogP contribution in [0.15, 0.2) is 24.3 Å². The van der Waals surface area contributed by atoms with Gasteiger partial charge in [-0.2, -0.15) is 0 Å². The van der Waals surface area contributed by atoms with Gasteiger partial charge < -0.3 is 10.2 Å². The van der Waals surface area contributed by atoms with Gasteiger partial charge in [0.05, 0.1) is 12.6 Å². The van der Waals surface area contributed by atoms with Gasteiger partial charge in [0.2, 0.25) is 11.8 Å². The van der Waals surface area contributed by atoms with E-state index in [2.05, 4.69) is 22.0 Å². The molecule has 28 heavy (non-hydrogen) atoms. The van der Waals surface area contributed by atoms with Crippen LogP contribution in [0.2, 0.25) is 0 Å². The van der Waals surface area contributed by atoms with Gasteiger partial charge in [0, 0.05) is 45.0 Å². The maximum absolute atomic E-state index is 12.9. The molecule has 2 fully saturated rings. The third-order valence-corrected chi connectivity index (χ3v) is 5.90. The van der Waals surface area contributed by atoms with Gasteiger partial charge in [-0.05, 0) is 49.9 Å². The molecule has 1 aromatic rings. The number of nitrogens with zero attached hydrogens (tertiary/aromatic N) is 3. The first-order chi connectivity index (χ1) is 13.4. The fraction of sp³-hybridized carbons (Fsp3) is 0.619. The van der Waals surface area contributed by atoms with Gasteiger partial charge in [-0.25, -0.2) is 4.39 Å². The Bertz CT molecular complexity index is 665. The third-order valence-electron chi connectivity index (χ3n) is 5.90. The predicted molar refractivity (Wildman–Crippen MR) is 107 cm³/mol. The number of benzene rings is 1. The lowest BCUT2D eigenvalue weighted by Crippen LogP contribution is -2.56. The van der Waals surface area contributed by atoms with Gasteiger partial charge >= 0.3 is 0 Å². The van der Waals surface area contributed by atoms with Gasteiger partial charge in [-0.3, -0.25) is 19.4 Å². The van der Waals surface area contributed by atoms with E-state index >= 15 is 0 Å². The minimum absolute atomic E-state index is 0.105. The Morgan fingerprint density at radius 1 is 1.07 bits per heavy atom. The Morgan fingerprint density at radius 3 is 2.29 bits per heavy atom. The number of piperidine rings is 1. The van der Waals surface area contributed by atoms with Crippen LogP contribution in [0.1, 0.15) is 26.7 Å². The summed E-state index contributed by atoms with van der Waals surface area (Å²) in [7, 11) is 0. The topological polar surface area (TPSA) is 55.9 Å². The Balaban J connectivity index is 1.41. The number of hydrogen-bond donors (Lipinski definition) is 1. The molecule has 2 heterocycles. The first-order valence-corrected chi connectivity index (χ1v) is 10.2. The summed E-state index contributed by atoms with van der Waals surface area (Å²) in [5.41, 5.74) is 0.597. The number of anilines is 1. The molecule has 0 bridgehead atoms. The van der Waals surface area contributed by atoms with Crippen molar-refractivity contribution in [2.24, 2.45) is 5.92 Å². The summed E-state index contributed by atoms with van der Waals surface area (Å²) in [5.74, 6) is 0.516. The summed E-state index contributed by atoms with van der Waals surface area (Å²) in [4.78, 5) is 31.3. The molecule has 2 aliphatic rings. The number of nitrogens with one attached hydrogen (secondary N) is 1. The van der Waals surface area contributed by atoms with E-state index in [1.54, 1.807) is 12.1 Å². The highest BCUT2D eigenvalue weighted by atomic mass is 19.1. The van der Waals surface area contributed by atoms with Crippen LogP contribution in [-0.2, 0) is 9.59 Å². The van der Waals surface area contributed by atoms with E-state index in [0.717, 1.165) is 52.1 Å². The van der Waals surface area contributed by atoms with Crippen molar-refractivity contribution in [3.05, 3.63) is 30.1 Å². The summed E-state index contributed by atoms with van der Waals surface area (Å²) in [6.45, 7) is 9.35. The Morgan fingerprint density at radius 2 is 1.68 bits per heavy atom. The van der Waals surface area contributed by atoms with Crippen LogP contribution in [0.5, 0.6) is 0 Å².